The van der Waals surface area contributed by atoms with Gasteiger partial charge in [-0.3, -0.25) is 10.1 Å². The lowest BCUT2D eigenvalue weighted by Crippen LogP contribution is -2.19. The van der Waals surface area contributed by atoms with Gasteiger partial charge in [0.25, 0.3) is 5.91 Å². The molecule has 8 nitrogen and oxygen atoms in total. The fraction of sp³-hybridized carbons (Fsp3) is 0.182. The molecule has 11 heteroatoms. The number of nitrogens with one attached hydrogen (secondary N) is 1. The van der Waals surface area contributed by atoms with E-state index >= 15 is 0 Å². The normalized spacial score (nSPS) is 15.8. The summed E-state index contributed by atoms with van der Waals surface area (Å²) in [6.07, 6.45) is 2.60. The largest absolute Gasteiger partial charge is 0.490 e. The molecule has 0 saturated carbocycles. The molecule has 0 atom stereocenters. The summed E-state index contributed by atoms with van der Waals surface area (Å²) in [4.78, 5) is 23.3. The number of hydrogen-bond donors (Lipinski definition) is 1. The molecule has 2 aromatic rings. The van der Waals surface area contributed by atoms with Crippen LogP contribution in [-0.2, 0) is 20.9 Å². The van der Waals surface area contributed by atoms with E-state index in [1.807, 2.05) is 13.0 Å². The van der Waals surface area contributed by atoms with Gasteiger partial charge in [0.15, 0.2) is 16.7 Å². The predicted molar refractivity (Wildman–Crippen MR) is 129 cm³/mol. The van der Waals surface area contributed by atoms with E-state index in [0.717, 1.165) is 23.4 Å². The highest BCUT2D eigenvalue weighted by Crippen LogP contribution is 2.30. The van der Waals surface area contributed by atoms with Crippen molar-refractivity contribution in [3.8, 4) is 11.5 Å². The first-order chi connectivity index (χ1) is 15.9. The van der Waals surface area contributed by atoms with Gasteiger partial charge in [0.05, 0.1) is 34.9 Å². The van der Waals surface area contributed by atoms with E-state index in [4.69, 9.17) is 32.7 Å². The Morgan fingerprint density at radius 3 is 2.67 bits per heavy atom. The maximum absolute atomic E-state index is 11.8. The van der Waals surface area contributed by atoms with Gasteiger partial charge in [0, 0.05) is 6.08 Å². The standard InChI is InChI=1S/C22H19Cl2N3O5S/c1-3-31-18-9-13(5-7-17(18)32-12-14-4-6-15(23)16(24)8-14)11-25-27-22-26-21(29)19(33-22)10-20(28)30-2/h4-11H,3,12H2,1-2H3,(H,26,27,29)/b19-10+,25-11?. The number of carbonyl (C=O) groups is 2. The van der Waals surface area contributed by atoms with Gasteiger partial charge >= 0.3 is 5.97 Å². The Morgan fingerprint density at radius 1 is 1.12 bits per heavy atom. The minimum absolute atomic E-state index is 0.179. The van der Waals surface area contributed by atoms with Gasteiger partial charge in [-0.2, -0.15) is 5.10 Å². The Hall–Kier alpha value is -3.01. The minimum Gasteiger partial charge on any atom is -0.490 e. The number of esters is 1. The number of benzene rings is 2. The number of rotatable bonds is 8. The van der Waals surface area contributed by atoms with Crippen molar-refractivity contribution >= 4 is 58.2 Å². The minimum atomic E-state index is -0.623. The van der Waals surface area contributed by atoms with Crippen LogP contribution in [0.3, 0.4) is 0 Å². The fourth-order valence-corrected chi connectivity index (χ4v) is 3.63. The molecule has 172 valence electrons. The van der Waals surface area contributed by atoms with Gasteiger partial charge in [-0.15, -0.1) is 5.10 Å². The van der Waals surface area contributed by atoms with Gasteiger partial charge < -0.3 is 14.2 Å². The predicted octanol–water partition coefficient (Wildman–Crippen LogP) is 4.58. The second kappa shape index (κ2) is 11.7. The third-order valence-corrected chi connectivity index (χ3v) is 5.74. The second-order valence-electron chi connectivity index (χ2n) is 6.41. The summed E-state index contributed by atoms with van der Waals surface area (Å²) in [5.41, 5.74) is 1.58. The number of nitrogens with zero attached hydrogens (tertiary/aromatic N) is 2. The second-order valence-corrected chi connectivity index (χ2v) is 8.26. The Kier molecular flexibility index (Phi) is 8.76. The number of amides is 1. The van der Waals surface area contributed by atoms with E-state index in [1.165, 1.54) is 13.3 Å². The zero-order valence-electron chi connectivity index (χ0n) is 17.6. The SMILES string of the molecule is CCOc1cc(C=N/N=C2/NC(=O)/C(=C\C(=O)OC)S2)ccc1OCc1ccc(Cl)c(Cl)c1. The zero-order valence-corrected chi connectivity index (χ0v) is 20.0. The zero-order chi connectivity index (χ0) is 23.8. The summed E-state index contributed by atoms with van der Waals surface area (Å²) in [5.74, 6) is 0.0346. The summed E-state index contributed by atoms with van der Waals surface area (Å²) >= 11 is 13.0. The Morgan fingerprint density at radius 2 is 1.94 bits per heavy atom. The van der Waals surface area contributed by atoms with Crippen molar-refractivity contribution in [2.24, 2.45) is 10.2 Å². The molecule has 1 aliphatic rings. The van der Waals surface area contributed by atoms with Crippen molar-refractivity contribution in [3.63, 3.8) is 0 Å². The molecule has 0 spiro atoms. The number of thioether (sulfide) groups is 1. The number of ether oxygens (including phenoxy) is 3. The van der Waals surface area contributed by atoms with E-state index in [2.05, 4.69) is 20.3 Å². The van der Waals surface area contributed by atoms with E-state index in [0.29, 0.717) is 33.7 Å². The third-order valence-electron chi connectivity index (χ3n) is 4.10. The van der Waals surface area contributed by atoms with Crippen molar-refractivity contribution in [3.05, 3.63) is 68.6 Å². The summed E-state index contributed by atoms with van der Waals surface area (Å²) in [6, 6.07) is 10.6. The van der Waals surface area contributed by atoms with E-state index in [1.54, 1.807) is 30.3 Å². The molecule has 0 aromatic heterocycles. The molecule has 1 saturated heterocycles. The molecule has 3 rings (SSSR count). The third kappa shape index (κ3) is 6.98. The molecule has 1 heterocycles. The molecule has 0 unspecified atom stereocenters. The van der Waals surface area contributed by atoms with Crippen molar-refractivity contribution in [1.29, 1.82) is 0 Å². The van der Waals surface area contributed by atoms with Crippen LogP contribution < -0.4 is 14.8 Å². The van der Waals surface area contributed by atoms with Crippen LogP contribution in [0.15, 0.2) is 57.6 Å². The van der Waals surface area contributed by atoms with Crippen molar-refractivity contribution < 1.29 is 23.8 Å². The number of halogens is 2. The Bertz CT molecular complexity index is 1150. The first-order valence-corrected chi connectivity index (χ1v) is 11.2. The number of amidine groups is 1. The number of carbonyl (C=O) groups excluding carboxylic acids is 2. The molecule has 0 radical (unpaired) electrons. The lowest BCUT2D eigenvalue weighted by atomic mass is 10.2. The maximum Gasteiger partial charge on any atom is 0.331 e. The fourth-order valence-electron chi connectivity index (χ4n) is 2.57. The van der Waals surface area contributed by atoms with Crippen LogP contribution in [0.1, 0.15) is 18.1 Å². The summed E-state index contributed by atoms with van der Waals surface area (Å²) in [6.45, 7) is 2.61. The lowest BCUT2D eigenvalue weighted by molar-refractivity contribution is -0.135. The molecule has 1 aliphatic heterocycles. The summed E-state index contributed by atoms with van der Waals surface area (Å²) in [7, 11) is 1.23. The van der Waals surface area contributed by atoms with E-state index < -0.39 is 11.9 Å². The smallest absolute Gasteiger partial charge is 0.331 e. The van der Waals surface area contributed by atoms with Gasteiger partial charge in [-0.25, -0.2) is 4.79 Å². The molecule has 0 bridgehead atoms. The molecule has 1 amide bonds. The first-order valence-electron chi connectivity index (χ1n) is 9.63. The quantitative estimate of drug-likeness (QED) is 0.243. The Balaban J connectivity index is 1.68. The highest BCUT2D eigenvalue weighted by molar-refractivity contribution is 8.18. The first kappa shape index (κ1) is 24.6. The van der Waals surface area contributed by atoms with Crippen LogP contribution >= 0.6 is 35.0 Å². The highest BCUT2D eigenvalue weighted by atomic mass is 35.5. The topological polar surface area (TPSA) is 98.6 Å². The highest BCUT2D eigenvalue weighted by Gasteiger charge is 2.25. The molecular weight excluding hydrogens is 489 g/mol. The average molecular weight is 508 g/mol. The Labute approximate surface area is 204 Å². The molecule has 1 fully saturated rings. The molecular formula is C22H19Cl2N3O5S. The van der Waals surface area contributed by atoms with Gasteiger partial charge in [0.1, 0.15) is 6.61 Å². The van der Waals surface area contributed by atoms with E-state index in [9.17, 15) is 9.59 Å². The molecule has 0 aliphatic carbocycles. The van der Waals surface area contributed by atoms with Crippen LogP contribution in [0.5, 0.6) is 11.5 Å². The van der Waals surface area contributed by atoms with Gasteiger partial charge in [0.2, 0.25) is 0 Å². The number of methoxy groups -OCH3 is 1. The average Bonchev–Trinajstić information content (AvgIpc) is 3.14. The van der Waals surface area contributed by atoms with Crippen molar-refractivity contribution in [1.82, 2.24) is 5.32 Å². The van der Waals surface area contributed by atoms with Gasteiger partial charge in [-0.1, -0.05) is 29.3 Å². The van der Waals surface area contributed by atoms with Crippen LogP contribution in [0, 0.1) is 0 Å². The molecule has 33 heavy (non-hydrogen) atoms. The van der Waals surface area contributed by atoms with Crippen LogP contribution in [0.2, 0.25) is 10.0 Å². The molecule has 1 N–H and O–H groups in total. The lowest BCUT2D eigenvalue weighted by Gasteiger charge is -2.13. The summed E-state index contributed by atoms with van der Waals surface area (Å²) < 4.78 is 16.1. The summed E-state index contributed by atoms with van der Waals surface area (Å²) in [5, 5.41) is 11.7. The van der Waals surface area contributed by atoms with Gasteiger partial charge in [-0.05, 0) is 60.1 Å². The van der Waals surface area contributed by atoms with Crippen LogP contribution in [0.25, 0.3) is 0 Å². The van der Waals surface area contributed by atoms with Crippen molar-refractivity contribution in [2.45, 2.75) is 13.5 Å². The maximum atomic E-state index is 11.8. The monoisotopic (exact) mass is 507 g/mol. The van der Waals surface area contributed by atoms with Crippen LogP contribution in [-0.4, -0.2) is 37.0 Å². The van der Waals surface area contributed by atoms with Crippen LogP contribution in [0.4, 0.5) is 0 Å². The van der Waals surface area contributed by atoms with Crippen molar-refractivity contribution in [2.75, 3.05) is 13.7 Å². The van der Waals surface area contributed by atoms with E-state index in [-0.39, 0.29) is 16.7 Å². The number of hydrogen-bond acceptors (Lipinski definition) is 8. The molecule has 2 aromatic carbocycles.